The highest BCUT2D eigenvalue weighted by molar-refractivity contribution is 6.37. The van der Waals surface area contributed by atoms with Crippen molar-refractivity contribution in [1.82, 2.24) is 24.7 Å². The average molecular weight is 485 g/mol. The summed E-state index contributed by atoms with van der Waals surface area (Å²) in [6.45, 7) is 0.430. The summed E-state index contributed by atoms with van der Waals surface area (Å²) >= 11 is 18.9. The van der Waals surface area contributed by atoms with Gasteiger partial charge < -0.3 is 9.09 Å². The lowest BCUT2D eigenvalue weighted by Gasteiger charge is -2.08. The Morgan fingerprint density at radius 2 is 1.78 bits per heavy atom. The van der Waals surface area contributed by atoms with Gasteiger partial charge in [-0.1, -0.05) is 52.1 Å². The number of carbonyl (C=O) groups is 1. The van der Waals surface area contributed by atoms with Gasteiger partial charge in [-0.2, -0.15) is 4.98 Å². The number of halogens is 3. The molecule has 7 nitrogen and oxygen atoms in total. The smallest absolute Gasteiger partial charge is 0.277 e. The van der Waals surface area contributed by atoms with E-state index in [0.717, 1.165) is 11.1 Å². The van der Waals surface area contributed by atoms with E-state index in [1.165, 1.54) is 12.5 Å². The second-order valence-electron chi connectivity index (χ2n) is 6.89. The van der Waals surface area contributed by atoms with Crippen LogP contribution in [-0.2, 0) is 6.54 Å². The first kappa shape index (κ1) is 20.6. The van der Waals surface area contributed by atoms with Gasteiger partial charge in [-0.15, -0.1) is 0 Å². The zero-order chi connectivity index (χ0) is 22.2. The van der Waals surface area contributed by atoms with Crippen LogP contribution in [0, 0.1) is 0 Å². The van der Waals surface area contributed by atoms with Crippen LogP contribution < -0.4 is 0 Å². The van der Waals surface area contributed by atoms with Crippen LogP contribution in [0.4, 0.5) is 0 Å². The van der Waals surface area contributed by atoms with Gasteiger partial charge in [0.15, 0.2) is 0 Å². The van der Waals surface area contributed by atoms with Crippen LogP contribution in [0.1, 0.15) is 21.7 Å². The summed E-state index contributed by atoms with van der Waals surface area (Å²) < 4.78 is 7.05. The molecule has 0 saturated carbocycles. The van der Waals surface area contributed by atoms with Gasteiger partial charge >= 0.3 is 0 Å². The molecule has 0 aliphatic rings. The lowest BCUT2D eigenvalue weighted by atomic mass is 10.1. The molecule has 0 saturated heterocycles. The van der Waals surface area contributed by atoms with Crippen LogP contribution in [0.2, 0.25) is 15.2 Å². The maximum Gasteiger partial charge on any atom is 0.277 e. The molecule has 0 radical (unpaired) electrons. The topological polar surface area (TPSA) is 86.7 Å². The minimum atomic E-state index is -0.485. The molecular weight excluding hydrogens is 473 g/mol. The zero-order valence-corrected chi connectivity index (χ0v) is 18.4. The number of hydrogen-bond donors (Lipinski definition) is 0. The Hall–Kier alpha value is -3.26. The molecule has 0 amide bonds. The molecule has 0 aliphatic heterocycles. The third-order valence-corrected chi connectivity index (χ3v) is 5.75. The van der Waals surface area contributed by atoms with Crippen molar-refractivity contribution in [2.24, 2.45) is 0 Å². The number of ketones is 1. The first-order valence-electron chi connectivity index (χ1n) is 9.38. The van der Waals surface area contributed by atoms with Crippen LogP contribution in [-0.4, -0.2) is 30.5 Å². The van der Waals surface area contributed by atoms with Gasteiger partial charge in [0.05, 0.1) is 11.1 Å². The highest BCUT2D eigenvalue weighted by Crippen LogP contribution is 2.34. The fourth-order valence-corrected chi connectivity index (χ4v) is 4.02. The lowest BCUT2D eigenvalue weighted by molar-refractivity contribution is 0.102. The highest BCUT2D eigenvalue weighted by Gasteiger charge is 2.27. The quantitative estimate of drug-likeness (QED) is 0.296. The second-order valence-corrected chi connectivity index (χ2v) is 8.12. The summed E-state index contributed by atoms with van der Waals surface area (Å²) in [7, 11) is 0. The maximum atomic E-state index is 13.4. The van der Waals surface area contributed by atoms with Gasteiger partial charge in [0.1, 0.15) is 17.2 Å². The van der Waals surface area contributed by atoms with Crippen molar-refractivity contribution in [3.05, 3.63) is 93.2 Å². The minimum Gasteiger partial charge on any atom is -0.332 e. The number of hydrogen-bond acceptors (Lipinski definition) is 6. The first-order chi connectivity index (χ1) is 15.5. The molecule has 5 rings (SSSR count). The summed E-state index contributed by atoms with van der Waals surface area (Å²) in [4.78, 5) is 25.5. The minimum absolute atomic E-state index is 0.106. The number of benzene rings is 2. The average Bonchev–Trinajstić information content (AvgIpc) is 3.39. The molecule has 0 aliphatic carbocycles. The standard InChI is InChI=1S/C22H12Cl3N5O2/c23-13-3-1-12(2-4-13)10-30-17-6-5-14(24)9-15(17)18(20(30)25)19(31)21-28-22(32-29-21)16-7-8-26-11-27-16/h1-9,11H,10H2. The molecule has 158 valence electrons. The maximum absolute atomic E-state index is 13.4. The van der Waals surface area contributed by atoms with Crippen LogP contribution in [0.25, 0.3) is 22.5 Å². The van der Waals surface area contributed by atoms with Crippen molar-refractivity contribution in [1.29, 1.82) is 0 Å². The fourth-order valence-electron chi connectivity index (χ4n) is 3.39. The Morgan fingerprint density at radius 3 is 2.53 bits per heavy atom. The molecular formula is C22H12Cl3N5O2. The molecule has 3 aromatic heterocycles. The van der Waals surface area contributed by atoms with Crippen molar-refractivity contribution >= 4 is 51.5 Å². The Labute approximate surface area is 196 Å². The van der Waals surface area contributed by atoms with Crippen LogP contribution >= 0.6 is 34.8 Å². The molecule has 0 bridgehead atoms. The normalized spacial score (nSPS) is 11.2. The third kappa shape index (κ3) is 3.75. The number of nitrogens with zero attached hydrogens (tertiary/aromatic N) is 5. The number of fused-ring (bicyclic) bond motifs is 1. The summed E-state index contributed by atoms with van der Waals surface area (Å²) in [5.74, 6) is -0.512. The molecule has 5 aromatic rings. The van der Waals surface area contributed by atoms with Crippen molar-refractivity contribution in [2.75, 3.05) is 0 Å². The lowest BCUT2D eigenvalue weighted by Crippen LogP contribution is -2.05. The molecule has 0 N–H and O–H groups in total. The van der Waals surface area contributed by atoms with Gasteiger partial charge in [0.25, 0.3) is 5.89 Å². The fraction of sp³-hybridized carbons (Fsp3) is 0.0455. The Kier molecular flexibility index (Phi) is 5.38. The van der Waals surface area contributed by atoms with Gasteiger partial charge in [-0.3, -0.25) is 4.79 Å². The Balaban J connectivity index is 1.60. The van der Waals surface area contributed by atoms with Crippen LogP contribution in [0.15, 0.2) is 65.6 Å². The van der Waals surface area contributed by atoms with E-state index in [9.17, 15) is 4.79 Å². The van der Waals surface area contributed by atoms with Gasteiger partial charge in [0, 0.05) is 28.2 Å². The van der Waals surface area contributed by atoms with E-state index >= 15 is 0 Å². The predicted molar refractivity (Wildman–Crippen MR) is 121 cm³/mol. The zero-order valence-electron chi connectivity index (χ0n) is 16.2. The van der Waals surface area contributed by atoms with E-state index in [-0.39, 0.29) is 22.4 Å². The van der Waals surface area contributed by atoms with E-state index in [4.69, 9.17) is 39.3 Å². The monoisotopic (exact) mass is 483 g/mol. The summed E-state index contributed by atoms with van der Waals surface area (Å²) in [5, 5.41) is 5.78. The van der Waals surface area contributed by atoms with E-state index in [0.29, 0.717) is 27.7 Å². The third-order valence-electron chi connectivity index (χ3n) is 4.87. The molecule has 0 unspecified atom stereocenters. The number of aromatic nitrogens is 5. The van der Waals surface area contributed by atoms with Crippen molar-refractivity contribution in [2.45, 2.75) is 6.54 Å². The Bertz CT molecular complexity index is 1450. The number of carbonyl (C=O) groups excluding carboxylic acids is 1. The highest BCUT2D eigenvalue weighted by atomic mass is 35.5. The van der Waals surface area contributed by atoms with Crippen LogP contribution in [0.5, 0.6) is 0 Å². The van der Waals surface area contributed by atoms with Gasteiger partial charge in [0.2, 0.25) is 11.6 Å². The molecule has 10 heteroatoms. The molecule has 0 fully saturated rings. The van der Waals surface area contributed by atoms with Crippen molar-refractivity contribution in [3.8, 4) is 11.6 Å². The van der Waals surface area contributed by atoms with E-state index in [1.807, 2.05) is 22.8 Å². The largest absolute Gasteiger partial charge is 0.332 e. The number of rotatable bonds is 5. The van der Waals surface area contributed by atoms with E-state index in [1.54, 1.807) is 30.3 Å². The molecule has 3 heterocycles. The summed E-state index contributed by atoms with van der Waals surface area (Å²) in [6.07, 6.45) is 2.89. The molecule has 2 aromatic carbocycles. The molecule has 0 spiro atoms. The summed E-state index contributed by atoms with van der Waals surface area (Å²) in [5.41, 5.74) is 2.36. The van der Waals surface area contributed by atoms with Crippen LogP contribution in [0.3, 0.4) is 0 Å². The second kappa shape index (κ2) is 8.35. The van der Waals surface area contributed by atoms with Crippen molar-refractivity contribution < 1.29 is 9.32 Å². The van der Waals surface area contributed by atoms with Gasteiger partial charge in [-0.25, -0.2) is 9.97 Å². The Morgan fingerprint density at radius 1 is 1.00 bits per heavy atom. The van der Waals surface area contributed by atoms with E-state index in [2.05, 4.69) is 20.1 Å². The van der Waals surface area contributed by atoms with E-state index < -0.39 is 5.78 Å². The van der Waals surface area contributed by atoms with Gasteiger partial charge in [-0.05, 0) is 42.0 Å². The predicted octanol–water partition coefficient (Wildman–Crippen LogP) is 5.72. The molecule has 32 heavy (non-hydrogen) atoms. The summed E-state index contributed by atoms with van der Waals surface area (Å²) in [6, 6.07) is 14.3. The first-order valence-corrected chi connectivity index (χ1v) is 10.5. The SMILES string of the molecule is O=C(c1noc(-c2ccncn2)n1)c1c(Cl)n(Cc2ccc(Cl)cc2)c2ccc(Cl)cc12. The molecule has 0 atom stereocenters. The van der Waals surface area contributed by atoms with Crippen molar-refractivity contribution in [3.63, 3.8) is 0 Å².